The van der Waals surface area contributed by atoms with Gasteiger partial charge in [0.05, 0.1) is 6.61 Å². The first-order chi connectivity index (χ1) is 14.0. The normalized spacial score (nSPS) is 10.7. The number of ether oxygens (including phenoxy) is 2. The minimum atomic E-state index is -0.271. The van der Waals surface area contributed by atoms with Crippen molar-refractivity contribution in [3.63, 3.8) is 0 Å². The lowest BCUT2D eigenvalue weighted by atomic mass is 10.1. The number of hydrogen-bond acceptors (Lipinski definition) is 3. The SMILES string of the molecule is CCOc1cc(CNc2ccc(C)c(C)c2)c(Cl)cc1OCc1ccc(F)cc1. The van der Waals surface area contributed by atoms with Crippen LogP contribution in [0.25, 0.3) is 0 Å². The van der Waals surface area contributed by atoms with Crippen molar-refractivity contribution in [2.24, 2.45) is 0 Å². The van der Waals surface area contributed by atoms with Crippen molar-refractivity contribution < 1.29 is 13.9 Å². The zero-order valence-corrected chi connectivity index (χ0v) is 17.6. The zero-order chi connectivity index (χ0) is 20.8. The third kappa shape index (κ3) is 5.64. The van der Waals surface area contributed by atoms with Gasteiger partial charge in [0.2, 0.25) is 0 Å². The molecule has 0 radical (unpaired) electrons. The molecule has 152 valence electrons. The van der Waals surface area contributed by atoms with Crippen molar-refractivity contribution in [3.8, 4) is 11.5 Å². The lowest BCUT2D eigenvalue weighted by Gasteiger charge is -2.16. The molecule has 0 aliphatic rings. The molecule has 0 bridgehead atoms. The Labute approximate surface area is 176 Å². The average molecular weight is 414 g/mol. The third-order valence-electron chi connectivity index (χ3n) is 4.71. The van der Waals surface area contributed by atoms with E-state index in [1.807, 2.05) is 13.0 Å². The van der Waals surface area contributed by atoms with E-state index in [0.29, 0.717) is 36.3 Å². The Balaban J connectivity index is 1.74. The van der Waals surface area contributed by atoms with Crippen LogP contribution in [-0.2, 0) is 13.2 Å². The third-order valence-corrected chi connectivity index (χ3v) is 5.06. The van der Waals surface area contributed by atoms with Crippen molar-refractivity contribution >= 4 is 17.3 Å². The maximum atomic E-state index is 13.1. The molecule has 5 heteroatoms. The van der Waals surface area contributed by atoms with Gasteiger partial charge in [-0.05, 0) is 73.4 Å². The average Bonchev–Trinajstić information content (AvgIpc) is 2.70. The second-order valence-electron chi connectivity index (χ2n) is 6.89. The Morgan fingerprint density at radius 2 is 1.62 bits per heavy atom. The minimum Gasteiger partial charge on any atom is -0.490 e. The van der Waals surface area contributed by atoms with E-state index in [2.05, 4.69) is 37.4 Å². The lowest BCUT2D eigenvalue weighted by molar-refractivity contribution is 0.269. The topological polar surface area (TPSA) is 30.5 Å². The number of anilines is 1. The van der Waals surface area contributed by atoms with Gasteiger partial charge < -0.3 is 14.8 Å². The van der Waals surface area contributed by atoms with Gasteiger partial charge in [0.25, 0.3) is 0 Å². The highest BCUT2D eigenvalue weighted by molar-refractivity contribution is 6.31. The molecule has 0 spiro atoms. The van der Waals surface area contributed by atoms with Gasteiger partial charge in [-0.15, -0.1) is 0 Å². The second kappa shape index (κ2) is 9.66. The van der Waals surface area contributed by atoms with Crippen molar-refractivity contribution in [2.75, 3.05) is 11.9 Å². The van der Waals surface area contributed by atoms with Crippen LogP contribution in [0, 0.1) is 19.7 Å². The molecular weight excluding hydrogens is 389 g/mol. The van der Waals surface area contributed by atoms with E-state index in [1.165, 1.54) is 23.3 Å². The number of hydrogen-bond donors (Lipinski definition) is 1. The number of halogens is 2. The smallest absolute Gasteiger partial charge is 0.163 e. The van der Waals surface area contributed by atoms with Crippen molar-refractivity contribution in [2.45, 2.75) is 33.9 Å². The quantitative estimate of drug-likeness (QED) is 0.446. The molecule has 3 nitrogen and oxygen atoms in total. The molecule has 0 unspecified atom stereocenters. The monoisotopic (exact) mass is 413 g/mol. The molecule has 3 rings (SSSR count). The molecule has 3 aromatic carbocycles. The summed E-state index contributed by atoms with van der Waals surface area (Å²) in [6, 6.07) is 16.2. The highest BCUT2D eigenvalue weighted by atomic mass is 35.5. The van der Waals surface area contributed by atoms with E-state index >= 15 is 0 Å². The Morgan fingerprint density at radius 3 is 2.31 bits per heavy atom. The molecule has 1 N–H and O–H groups in total. The Bertz CT molecular complexity index is 973. The second-order valence-corrected chi connectivity index (χ2v) is 7.30. The largest absolute Gasteiger partial charge is 0.490 e. The Kier molecular flexibility index (Phi) is 6.99. The minimum absolute atomic E-state index is 0.271. The molecular formula is C24H25ClFNO2. The summed E-state index contributed by atoms with van der Waals surface area (Å²) < 4.78 is 24.7. The molecule has 0 aromatic heterocycles. The standard InChI is InChI=1S/C24H25ClFNO2/c1-4-28-23-12-19(14-27-21-10-5-16(2)17(3)11-21)22(25)13-24(23)29-15-18-6-8-20(26)9-7-18/h5-13,27H,4,14-15H2,1-3H3. The molecule has 0 fully saturated rings. The van der Waals surface area contributed by atoms with E-state index in [-0.39, 0.29) is 5.82 Å². The van der Waals surface area contributed by atoms with Crippen LogP contribution in [0.4, 0.5) is 10.1 Å². The summed E-state index contributed by atoms with van der Waals surface area (Å²) in [5, 5.41) is 4.00. The van der Waals surface area contributed by atoms with Crippen LogP contribution in [0.3, 0.4) is 0 Å². The summed E-state index contributed by atoms with van der Waals surface area (Å²) in [6.45, 7) is 7.49. The zero-order valence-electron chi connectivity index (χ0n) is 16.9. The number of benzene rings is 3. The van der Waals surface area contributed by atoms with Gasteiger partial charge >= 0.3 is 0 Å². The van der Waals surface area contributed by atoms with Crippen molar-refractivity contribution in [3.05, 3.63) is 87.7 Å². The molecule has 0 aliphatic carbocycles. The van der Waals surface area contributed by atoms with E-state index in [4.69, 9.17) is 21.1 Å². The summed E-state index contributed by atoms with van der Waals surface area (Å²) in [7, 11) is 0. The van der Waals surface area contributed by atoms with Crippen molar-refractivity contribution in [1.29, 1.82) is 0 Å². The number of nitrogens with one attached hydrogen (secondary N) is 1. The van der Waals surface area contributed by atoms with Crippen LogP contribution >= 0.6 is 11.6 Å². The van der Waals surface area contributed by atoms with Gasteiger partial charge in [0, 0.05) is 23.3 Å². The predicted octanol–water partition coefficient (Wildman–Crippen LogP) is 6.69. The van der Waals surface area contributed by atoms with Crippen LogP contribution in [-0.4, -0.2) is 6.61 Å². The fourth-order valence-electron chi connectivity index (χ4n) is 2.88. The van der Waals surface area contributed by atoms with Gasteiger partial charge in [-0.1, -0.05) is 29.8 Å². The fourth-order valence-corrected chi connectivity index (χ4v) is 3.10. The molecule has 0 amide bonds. The molecule has 29 heavy (non-hydrogen) atoms. The van der Waals surface area contributed by atoms with Crippen LogP contribution in [0.1, 0.15) is 29.2 Å². The Morgan fingerprint density at radius 1 is 0.897 bits per heavy atom. The van der Waals surface area contributed by atoms with Crippen LogP contribution < -0.4 is 14.8 Å². The van der Waals surface area contributed by atoms with Gasteiger partial charge in [-0.3, -0.25) is 0 Å². The number of rotatable bonds is 8. The first-order valence-electron chi connectivity index (χ1n) is 9.60. The Hall–Kier alpha value is -2.72. The molecule has 0 atom stereocenters. The van der Waals surface area contributed by atoms with E-state index in [1.54, 1.807) is 18.2 Å². The lowest BCUT2D eigenvalue weighted by Crippen LogP contribution is -2.04. The summed E-state index contributed by atoms with van der Waals surface area (Å²) in [5.74, 6) is 0.930. The number of aryl methyl sites for hydroxylation is 2. The van der Waals surface area contributed by atoms with Gasteiger partial charge in [-0.25, -0.2) is 4.39 Å². The van der Waals surface area contributed by atoms with Crippen molar-refractivity contribution in [1.82, 2.24) is 0 Å². The molecule has 3 aromatic rings. The van der Waals surface area contributed by atoms with Crippen LogP contribution in [0.2, 0.25) is 5.02 Å². The van der Waals surface area contributed by atoms with Gasteiger partial charge in [-0.2, -0.15) is 0 Å². The molecule has 0 aliphatic heterocycles. The fraction of sp³-hybridized carbons (Fsp3) is 0.250. The maximum Gasteiger partial charge on any atom is 0.163 e. The first kappa shape index (κ1) is 21.0. The summed E-state index contributed by atoms with van der Waals surface area (Å²) in [6.07, 6.45) is 0. The summed E-state index contributed by atoms with van der Waals surface area (Å²) >= 11 is 6.50. The molecule has 0 heterocycles. The van der Waals surface area contributed by atoms with Gasteiger partial charge in [0.1, 0.15) is 12.4 Å². The maximum absolute atomic E-state index is 13.1. The summed E-state index contributed by atoms with van der Waals surface area (Å²) in [5.41, 5.74) is 5.32. The first-order valence-corrected chi connectivity index (χ1v) is 9.97. The van der Waals surface area contributed by atoms with Crippen LogP contribution in [0.15, 0.2) is 54.6 Å². The molecule has 0 saturated heterocycles. The predicted molar refractivity (Wildman–Crippen MR) is 117 cm³/mol. The highest BCUT2D eigenvalue weighted by Gasteiger charge is 2.12. The van der Waals surface area contributed by atoms with Crippen LogP contribution in [0.5, 0.6) is 11.5 Å². The van der Waals surface area contributed by atoms with E-state index in [9.17, 15) is 4.39 Å². The van der Waals surface area contributed by atoms with Gasteiger partial charge in [0.15, 0.2) is 11.5 Å². The summed E-state index contributed by atoms with van der Waals surface area (Å²) in [4.78, 5) is 0. The molecule has 0 saturated carbocycles. The highest BCUT2D eigenvalue weighted by Crippen LogP contribution is 2.34. The van der Waals surface area contributed by atoms with E-state index in [0.717, 1.165) is 16.8 Å². The van der Waals surface area contributed by atoms with E-state index < -0.39 is 0 Å².